The van der Waals surface area contributed by atoms with E-state index in [2.05, 4.69) is 15.9 Å². The van der Waals surface area contributed by atoms with Crippen LogP contribution in [-0.4, -0.2) is 25.7 Å². The monoisotopic (exact) mass is 438 g/mol. The molecule has 7 heteroatoms. The van der Waals surface area contributed by atoms with Crippen LogP contribution in [0.3, 0.4) is 0 Å². The molecule has 2 aromatic rings. The van der Waals surface area contributed by atoms with Crippen LogP contribution in [-0.2, 0) is 5.60 Å². The standard InChI is InChI=1S/C14H15BrN2O2Se.ClH/c15-11-9-5-4-6-10(13(16)18)17(9)20-12(11)14(19)7-2-1-3-8-14;/h4-6,19H,1-3,7-8H2,(H-,16,18);1H. The van der Waals surface area contributed by atoms with Gasteiger partial charge >= 0.3 is 132 Å². The Labute approximate surface area is 143 Å². The number of pyridine rings is 1. The summed E-state index contributed by atoms with van der Waals surface area (Å²) in [4.78, 5) is 11.5. The number of nitrogens with two attached hydrogens (primary N) is 1. The normalized spacial score (nSPS) is 17.4. The molecule has 0 spiro atoms. The number of hydrogen-bond donors (Lipinski definition) is 2. The maximum absolute atomic E-state index is 11.5. The molecule has 0 radical (unpaired) electrons. The van der Waals surface area contributed by atoms with E-state index in [1.807, 2.05) is 15.5 Å². The Bertz CT molecular complexity index is 683. The van der Waals surface area contributed by atoms with Gasteiger partial charge in [0.2, 0.25) is 0 Å². The largest absolute Gasteiger partial charge is 1.00 e. The Kier molecular flexibility index (Phi) is 5.16. The summed E-state index contributed by atoms with van der Waals surface area (Å²) in [6.45, 7) is 0. The molecule has 21 heavy (non-hydrogen) atoms. The van der Waals surface area contributed by atoms with Crippen LogP contribution in [0.15, 0.2) is 22.7 Å². The van der Waals surface area contributed by atoms with Crippen molar-refractivity contribution >= 4 is 42.1 Å². The molecule has 1 saturated carbocycles. The summed E-state index contributed by atoms with van der Waals surface area (Å²) in [5.41, 5.74) is 6.17. The van der Waals surface area contributed by atoms with Crippen molar-refractivity contribution < 1.29 is 25.7 Å². The summed E-state index contributed by atoms with van der Waals surface area (Å²) < 4.78 is 3.92. The van der Waals surface area contributed by atoms with Crippen LogP contribution in [0.5, 0.6) is 0 Å². The Morgan fingerprint density at radius 3 is 2.62 bits per heavy atom. The van der Waals surface area contributed by atoms with E-state index in [9.17, 15) is 9.90 Å². The SMILES string of the molecule is NC(=O)c1cccc2c(Br)c(C3(O)CCCCC3)[se][n+]12.[Cl-]. The fourth-order valence-electron chi connectivity index (χ4n) is 2.84. The fraction of sp³-hybridized carbons (Fsp3) is 0.429. The molecule has 0 aliphatic heterocycles. The second kappa shape index (κ2) is 6.39. The smallest absolute Gasteiger partial charge is 1.00 e. The number of aromatic nitrogens is 1. The molecular formula is C14H16BrClN2O2Se. The van der Waals surface area contributed by atoms with Crippen molar-refractivity contribution in [1.29, 1.82) is 0 Å². The first kappa shape index (κ1) is 17.0. The van der Waals surface area contributed by atoms with Crippen LogP contribution >= 0.6 is 15.9 Å². The molecule has 1 aliphatic rings. The van der Waals surface area contributed by atoms with Crippen molar-refractivity contribution in [2.45, 2.75) is 37.7 Å². The predicted molar refractivity (Wildman–Crippen MR) is 79.7 cm³/mol. The summed E-state index contributed by atoms with van der Waals surface area (Å²) in [5.74, 6) is -0.425. The molecule has 0 unspecified atom stereocenters. The van der Waals surface area contributed by atoms with Gasteiger partial charge in [0.25, 0.3) is 0 Å². The van der Waals surface area contributed by atoms with Crippen molar-refractivity contribution in [3.8, 4) is 0 Å². The quantitative estimate of drug-likeness (QED) is 0.561. The minimum absolute atomic E-state index is 0. The van der Waals surface area contributed by atoms with Gasteiger partial charge in [0, 0.05) is 0 Å². The Hall–Kier alpha value is -0.391. The van der Waals surface area contributed by atoms with E-state index in [4.69, 9.17) is 5.73 Å². The third kappa shape index (κ3) is 2.92. The average Bonchev–Trinajstić information content (AvgIpc) is 2.78. The Morgan fingerprint density at radius 1 is 1.33 bits per heavy atom. The molecule has 1 fully saturated rings. The number of carbonyl (C=O) groups is 1. The van der Waals surface area contributed by atoms with Crippen LogP contribution in [0.4, 0.5) is 0 Å². The minimum Gasteiger partial charge on any atom is -1.00 e. The third-order valence-corrected chi connectivity index (χ3v) is 8.12. The van der Waals surface area contributed by atoms with Crippen LogP contribution < -0.4 is 21.5 Å². The van der Waals surface area contributed by atoms with Crippen molar-refractivity contribution in [2.75, 3.05) is 0 Å². The Balaban J connectivity index is 0.00000161. The van der Waals surface area contributed by atoms with Crippen molar-refractivity contribution in [3.63, 3.8) is 0 Å². The van der Waals surface area contributed by atoms with Gasteiger partial charge in [0.15, 0.2) is 0 Å². The van der Waals surface area contributed by atoms with E-state index in [0.717, 1.165) is 40.1 Å². The second-order valence-corrected chi connectivity index (χ2v) is 8.08. The van der Waals surface area contributed by atoms with Gasteiger partial charge in [-0.25, -0.2) is 0 Å². The van der Waals surface area contributed by atoms with Crippen LogP contribution in [0.1, 0.15) is 47.0 Å². The summed E-state index contributed by atoms with van der Waals surface area (Å²) in [7, 11) is 0. The van der Waals surface area contributed by atoms with Gasteiger partial charge in [-0.1, -0.05) is 0 Å². The molecule has 0 saturated heterocycles. The number of amides is 1. The molecule has 0 atom stereocenters. The minimum atomic E-state index is -0.724. The van der Waals surface area contributed by atoms with E-state index in [1.165, 1.54) is 6.42 Å². The number of nitrogens with zero attached hydrogens (tertiary/aromatic N) is 1. The number of fused-ring (bicyclic) bond motifs is 1. The maximum Gasteiger partial charge on any atom is -1.00 e. The summed E-state index contributed by atoms with van der Waals surface area (Å²) in [6, 6.07) is 5.52. The van der Waals surface area contributed by atoms with Crippen LogP contribution in [0.2, 0.25) is 0 Å². The number of primary amides is 1. The predicted octanol–water partition coefficient (Wildman–Crippen LogP) is -1.50. The van der Waals surface area contributed by atoms with Crippen LogP contribution in [0.25, 0.3) is 5.52 Å². The van der Waals surface area contributed by atoms with E-state index < -0.39 is 11.5 Å². The molecule has 2 aromatic heterocycles. The van der Waals surface area contributed by atoms with Gasteiger partial charge < -0.3 is 12.4 Å². The summed E-state index contributed by atoms with van der Waals surface area (Å²) in [6.07, 6.45) is 4.91. The zero-order valence-electron chi connectivity index (χ0n) is 11.3. The first-order valence-electron chi connectivity index (χ1n) is 6.69. The van der Waals surface area contributed by atoms with Gasteiger partial charge in [0.05, 0.1) is 0 Å². The molecule has 1 amide bonds. The molecule has 4 nitrogen and oxygen atoms in total. The molecular weight excluding hydrogens is 422 g/mol. The second-order valence-electron chi connectivity index (χ2n) is 5.28. The van der Waals surface area contributed by atoms with Crippen LogP contribution in [0, 0.1) is 0 Å². The number of rotatable bonds is 2. The van der Waals surface area contributed by atoms with Crippen molar-refractivity contribution in [2.24, 2.45) is 5.73 Å². The molecule has 1 aliphatic carbocycles. The number of hydrogen-bond acceptors (Lipinski definition) is 2. The number of halogens is 2. The zero-order chi connectivity index (χ0) is 14.3. The van der Waals surface area contributed by atoms with Gasteiger partial charge in [-0.15, -0.1) is 0 Å². The molecule has 0 aromatic carbocycles. The fourth-order valence-corrected chi connectivity index (χ4v) is 6.76. The van der Waals surface area contributed by atoms with Crippen molar-refractivity contribution in [3.05, 3.63) is 32.8 Å². The van der Waals surface area contributed by atoms with Gasteiger partial charge in [-0.2, -0.15) is 0 Å². The maximum atomic E-state index is 11.5. The van der Waals surface area contributed by atoms with Gasteiger partial charge in [-0.3, -0.25) is 0 Å². The average molecular weight is 439 g/mol. The summed E-state index contributed by atoms with van der Waals surface area (Å²) >= 11 is 3.50. The topological polar surface area (TPSA) is 67.4 Å². The Morgan fingerprint density at radius 2 is 2.00 bits per heavy atom. The van der Waals surface area contributed by atoms with E-state index in [0.29, 0.717) is 5.69 Å². The number of aliphatic hydroxyl groups is 1. The molecule has 3 N–H and O–H groups in total. The third-order valence-electron chi connectivity index (χ3n) is 3.91. The van der Waals surface area contributed by atoms with E-state index >= 15 is 0 Å². The van der Waals surface area contributed by atoms with Crippen molar-refractivity contribution in [1.82, 2.24) is 0 Å². The molecule has 2 heterocycles. The zero-order valence-corrected chi connectivity index (χ0v) is 15.4. The number of carbonyl (C=O) groups excluding carboxylic acids is 1. The molecule has 0 bridgehead atoms. The molecule has 3 rings (SSSR count). The first-order chi connectivity index (χ1) is 9.53. The van der Waals surface area contributed by atoms with E-state index in [1.54, 1.807) is 6.07 Å². The summed E-state index contributed by atoms with van der Waals surface area (Å²) in [5, 5.41) is 10.9. The molecule has 114 valence electrons. The van der Waals surface area contributed by atoms with E-state index in [-0.39, 0.29) is 27.1 Å². The van der Waals surface area contributed by atoms with Gasteiger partial charge in [0.1, 0.15) is 0 Å². The van der Waals surface area contributed by atoms with Gasteiger partial charge in [-0.05, 0) is 0 Å². The first-order valence-corrected chi connectivity index (χ1v) is 9.11.